The Balaban J connectivity index is 1.59. The van der Waals surface area contributed by atoms with Crippen LogP contribution in [0.25, 0.3) is 11.1 Å². The van der Waals surface area contributed by atoms with Crippen molar-refractivity contribution in [2.75, 3.05) is 39.2 Å². The highest BCUT2D eigenvalue weighted by molar-refractivity contribution is 6.11. The minimum Gasteiger partial charge on any atom is -0.465 e. The van der Waals surface area contributed by atoms with Gasteiger partial charge in [-0.25, -0.2) is 0 Å². The summed E-state index contributed by atoms with van der Waals surface area (Å²) in [6, 6.07) is 23.3. The second kappa shape index (κ2) is 17.1. The van der Waals surface area contributed by atoms with Crippen molar-refractivity contribution in [2.24, 2.45) is 0 Å². The largest absolute Gasteiger partial charge is 0.465 e. The molecule has 0 saturated carbocycles. The lowest BCUT2D eigenvalue weighted by Crippen LogP contribution is -2.53. The molecule has 10 nitrogen and oxygen atoms in total. The average molecular weight is 721 g/mol. The number of ether oxygens (including phenoxy) is 3. The SMILES string of the molecule is CCOC(=O)C(COC(=O)Cc1ccc(NC(=O)c2ccccc2-c2ccc(C(F)(F)F)cc2)c(C(=O)N(C)C)c1)(c1ccccc1)C(O)OCC. The van der Waals surface area contributed by atoms with E-state index in [-0.39, 0.29) is 36.4 Å². The molecule has 2 N–H and O–H groups in total. The molecule has 4 rings (SSSR count). The molecule has 0 aliphatic rings. The van der Waals surface area contributed by atoms with Crippen LogP contribution in [0.4, 0.5) is 18.9 Å². The van der Waals surface area contributed by atoms with Crippen molar-refractivity contribution in [3.8, 4) is 11.1 Å². The molecular weight excluding hydrogens is 681 g/mol. The normalized spacial score (nSPS) is 13.0. The van der Waals surface area contributed by atoms with Crippen LogP contribution in [0.1, 0.15) is 51.3 Å². The Bertz CT molecular complexity index is 1880. The maximum Gasteiger partial charge on any atom is 0.416 e. The summed E-state index contributed by atoms with van der Waals surface area (Å²) in [7, 11) is 3.02. The Morgan fingerprint density at radius 3 is 2.06 bits per heavy atom. The number of alkyl halides is 3. The van der Waals surface area contributed by atoms with E-state index in [0.29, 0.717) is 22.3 Å². The van der Waals surface area contributed by atoms with Crippen molar-refractivity contribution in [1.29, 1.82) is 0 Å². The third-order valence-electron chi connectivity index (χ3n) is 8.15. The van der Waals surface area contributed by atoms with E-state index in [2.05, 4.69) is 5.32 Å². The van der Waals surface area contributed by atoms with E-state index in [1.165, 1.54) is 55.4 Å². The first-order valence-corrected chi connectivity index (χ1v) is 16.3. The van der Waals surface area contributed by atoms with Crippen molar-refractivity contribution >= 4 is 29.4 Å². The number of hydrogen-bond acceptors (Lipinski definition) is 8. The maximum absolute atomic E-state index is 13.6. The van der Waals surface area contributed by atoms with Crippen molar-refractivity contribution in [1.82, 2.24) is 4.90 Å². The molecule has 0 spiro atoms. The summed E-state index contributed by atoms with van der Waals surface area (Å²) in [5.41, 5.74) is -1.02. The van der Waals surface area contributed by atoms with E-state index in [4.69, 9.17) is 14.2 Å². The monoisotopic (exact) mass is 720 g/mol. The van der Waals surface area contributed by atoms with Gasteiger partial charge in [0.1, 0.15) is 6.61 Å². The van der Waals surface area contributed by atoms with Crippen molar-refractivity contribution in [2.45, 2.75) is 38.1 Å². The third-order valence-corrected chi connectivity index (χ3v) is 8.15. The molecule has 274 valence electrons. The van der Waals surface area contributed by atoms with Crippen molar-refractivity contribution < 1.29 is 51.7 Å². The molecule has 2 unspecified atom stereocenters. The Kier molecular flexibility index (Phi) is 12.9. The number of rotatable bonds is 14. The van der Waals surface area contributed by atoms with Crippen LogP contribution in [-0.4, -0.2) is 74.0 Å². The fourth-order valence-electron chi connectivity index (χ4n) is 5.47. The minimum atomic E-state index is -4.52. The number of carbonyl (C=O) groups is 4. The first-order valence-electron chi connectivity index (χ1n) is 16.3. The molecule has 0 aliphatic heterocycles. The maximum atomic E-state index is 13.6. The van der Waals surface area contributed by atoms with Crippen LogP contribution in [0.5, 0.6) is 0 Å². The molecule has 4 aromatic rings. The first kappa shape index (κ1) is 39.3. The zero-order valence-electron chi connectivity index (χ0n) is 29.0. The number of halogens is 3. The lowest BCUT2D eigenvalue weighted by molar-refractivity contribution is -0.192. The smallest absolute Gasteiger partial charge is 0.416 e. The molecule has 0 radical (unpaired) electrons. The fraction of sp³-hybridized carbons (Fsp3) is 0.282. The summed E-state index contributed by atoms with van der Waals surface area (Å²) >= 11 is 0. The number of benzene rings is 4. The summed E-state index contributed by atoms with van der Waals surface area (Å²) in [6.07, 6.45) is -6.59. The molecule has 0 bridgehead atoms. The fourth-order valence-corrected chi connectivity index (χ4v) is 5.47. The quantitative estimate of drug-likeness (QED) is 0.115. The second-order valence-electron chi connectivity index (χ2n) is 11.9. The topological polar surface area (TPSA) is 131 Å². The van der Waals surface area contributed by atoms with Crippen LogP contribution in [0, 0.1) is 0 Å². The number of carbonyl (C=O) groups excluding carboxylic acids is 4. The summed E-state index contributed by atoms with van der Waals surface area (Å²) in [5, 5.41) is 13.8. The van der Waals surface area contributed by atoms with Gasteiger partial charge < -0.3 is 29.5 Å². The van der Waals surface area contributed by atoms with Crippen LogP contribution in [-0.2, 0) is 41.8 Å². The third kappa shape index (κ3) is 9.03. The van der Waals surface area contributed by atoms with Gasteiger partial charge in [0.05, 0.1) is 29.8 Å². The van der Waals surface area contributed by atoms with Gasteiger partial charge in [0.25, 0.3) is 11.8 Å². The number of nitrogens with zero attached hydrogens (tertiary/aromatic N) is 1. The number of esters is 2. The molecule has 0 fully saturated rings. The van der Waals surface area contributed by atoms with Crippen LogP contribution >= 0.6 is 0 Å². The molecule has 0 aromatic heterocycles. The van der Waals surface area contributed by atoms with E-state index in [1.54, 1.807) is 62.4 Å². The van der Waals surface area contributed by atoms with Crippen molar-refractivity contribution in [3.05, 3.63) is 125 Å². The summed E-state index contributed by atoms with van der Waals surface area (Å²) in [6.45, 7) is 2.66. The van der Waals surface area contributed by atoms with Gasteiger partial charge in [-0.05, 0) is 66.4 Å². The summed E-state index contributed by atoms with van der Waals surface area (Å²) in [5.74, 6) is -2.76. The average Bonchev–Trinajstić information content (AvgIpc) is 3.12. The van der Waals surface area contributed by atoms with Gasteiger partial charge in [-0.1, -0.05) is 66.7 Å². The number of amides is 2. The number of anilines is 1. The van der Waals surface area contributed by atoms with Gasteiger partial charge in [-0.2, -0.15) is 13.2 Å². The lowest BCUT2D eigenvalue weighted by Gasteiger charge is -2.35. The van der Waals surface area contributed by atoms with Gasteiger partial charge in [0.2, 0.25) is 0 Å². The van der Waals surface area contributed by atoms with Gasteiger partial charge in [-0.3, -0.25) is 19.2 Å². The van der Waals surface area contributed by atoms with E-state index < -0.39 is 53.8 Å². The Morgan fingerprint density at radius 1 is 0.788 bits per heavy atom. The molecule has 0 saturated heterocycles. The van der Waals surface area contributed by atoms with Gasteiger partial charge in [0, 0.05) is 26.3 Å². The highest BCUT2D eigenvalue weighted by Crippen LogP contribution is 2.34. The standard InChI is InChI=1S/C39H39F3N2O8/c1-5-50-36(48)38(37(49)51-6-2,27-12-8-7-9-13-27)24-52-33(45)23-25-16-21-32(31(22-25)35(47)44(3)4)43-34(46)30-15-11-10-14-29(30)26-17-19-28(20-18-26)39(40,41)42/h7-22,36,48H,5-6,23-24H2,1-4H3,(H,43,46). The van der Waals surface area contributed by atoms with Gasteiger partial charge in [0.15, 0.2) is 11.7 Å². The highest BCUT2D eigenvalue weighted by atomic mass is 19.4. The zero-order chi connectivity index (χ0) is 38.1. The molecule has 2 amide bonds. The number of hydrogen-bond donors (Lipinski definition) is 2. The molecular formula is C39H39F3N2O8. The predicted molar refractivity (Wildman–Crippen MR) is 186 cm³/mol. The first-order chi connectivity index (χ1) is 24.7. The molecule has 52 heavy (non-hydrogen) atoms. The van der Waals surface area contributed by atoms with Gasteiger partial charge in [-0.15, -0.1) is 0 Å². The number of nitrogens with one attached hydrogen (secondary N) is 1. The van der Waals surface area contributed by atoms with E-state index in [1.807, 2.05) is 0 Å². The second-order valence-corrected chi connectivity index (χ2v) is 11.9. The lowest BCUT2D eigenvalue weighted by atomic mass is 9.80. The zero-order valence-corrected chi connectivity index (χ0v) is 29.0. The van der Waals surface area contributed by atoms with Crippen molar-refractivity contribution in [3.63, 3.8) is 0 Å². The molecule has 13 heteroatoms. The van der Waals surface area contributed by atoms with Crippen LogP contribution < -0.4 is 5.32 Å². The van der Waals surface area contributed by atoms with E-state index >= 15 is 0 Å². The van der Waals surface area contributed by atoms with Crippen LogP contribution in [0.3, 0.4) is 0 Å². The molecule has 0 aliphatic carbocycles. The van der Waals surface area contributed by atoms with E-state index in [9.17, 15) is 37.5 Å². The predicted octanol–water partition coefficient (Wildman–Crippen LogP) is 6.27. The molecule has 0 heterocycles. The number of aliphatic hydroxyl groups excluding tert-OH is 1. The summed E-state index contributed by atoms with van der Waals surface area (Å²) in [4.78, 5) is 54.7. The van der Waals surface area contributed by atoms with Crippen LogP contribution in [0.2, 0.25) is 0 Å². The minimum absolute atomic E-state index is 0.00752. The Morgan fingerprint density at radius 2 is 1.44 bits per heavy atom. The Labute approximate surface area is 299 Å². The highest BCUT2D eigenvalue weighted by Gasteiger charge is 2.50. The molecule has 4 aromatic carbocycles. The Hall–Kier alpha value is -5.53. The summed E-state index contributed by atoms with van der Waals surface area (Å²) < 4.78 is 55.7. The molecule has 2 atom stereocenters. The number of aliphatic hydroxyl groups is 1. The van der Waals surface area contributed by atoms with Gasteiger partial charge >= 0.3 is 18.1 Å². The van der Waals surface area contributed by atoms with Crippen LogP contribution in [0.15, 0.2) is 97.1 Å². The van der Waals surface area contributed by atoms with E-state index in [0.717, 1.165) is 12.1 Å².